The molecule has 0 aromatic carbocycles. The van der Waals surface area contributed by atoms with Gasteiger partial charge in [-0.15, -0.1) is 0 Å². The third kappa shape index (κ3) is 3.17. The van der Waals surface area contributed by atoms with E-state index in [1.54, 1.807) is 18.3 Å². The molecule has 1 fully saturated rings. The molecule has 1 aliphatic heterocycles. The molecule has 20 heavy (non-hydrogen) atoms. The summed E-state index contributed by atoms with van der Waals surface area (Å²) in [7, 11) is 1.49. The van der Waals surface area contributed by atoms with Gasteiger partial charge in [-0.25, -0.2) is 9.78 Å². The molecule has 2 rings (SSSR count). The van der Waals surface area contributed by atoms with Crippen molar-refractivity contribution in [3.05, 3.63) is 18.3 Å². The molecule has 7 nitrogen and oxygen atoms in total. The largest absolute Gasteiger partial charge is 0.480 e. The Morgan fingerprint density at radius 3 is 3.05 bits per heavy atom. The number of urea groups is 1. The predicted octanol–water partition coefficient (Wildman–Crippen LogP) is 0.819. The third-order valence-electron chi connectivity index (χ3n) is 3.33. The maximum Gasteiger partial charge on any atom is 0.314 e. The number of ether oxygens (including phenoxy) is 1. The second-order valence-corrected chi connectivity index (χ2v) is 4.67. The number of nitrogens with two attached hydrogens (primary N) is 1. The second-order valence-electron chi connectivity index (χ2n) is 4.67. The molecule has 0 bridgehead atoms. The summed E-state index contributed by atoms with van der Waals surface area (Å²) in [5.41, 5.74) is 5.78. The van der Waals surface area contributed by atoms with E-state index < -0.39 is 6.03 Å². The lowest BCUT2D eigenvalue weighted by Gasteiger charge is -2.30. The molecular formula is C13H18N4O3. The first-order valence-corrected chi connectivity index (χ1v) is 6.46. The molecule has 0 aliphatic carbocycles. The van der Waals surface area contributed by atoms with Crippen molar-refractivity contribution in [2.24, 2.45) is 11.7 Å². The summed E-state index contributed by atoms with van der Waals surface area (Å²) >= 11 is 0. The third-order valence-corrected chi connectivity index (χ3v) is 3.33. The summed E-state index contributed by atoms with van der Waals surface area (Å²) < 4.78 is 5.08. The fourth-order valence-electron chi connectivity index (χ4n) is 2.27. The van der Waals surface area contributed by atoms with Crippen LogP contribution in [0.1, 0.15) is 12.8 Å². The first-order valence-electron chi connectivity index (χ1n) is 6.46. The van der Waals surface area contributed by atoms with Crippen molar-refractivity contribution in [2.75, 3.05) is 25.5 Å². The summed E-state index contributed by atoms with van der Waals surface area (Å²) in [5.74, 6) is -0.0492. The van der Waals surface area contributed by atoms with Crippen molar-refractivity contribution in [2.45, 2.75) is 12.8 Å². The molecule has 1 atom stereocenters. The van der Waals surface area contributed by atoms with E-state index in [0.29, 0.717) is 24.7 Å². The van der Waals surface area contributed by atoms with Crippen molar-refractivity contribution in [1.82, 2.24) is 9.88 Å². The number of aromatic nitrogens is 1. The zero-order valence-corrected chi connectivity index (χ0v) is 11.3. The number of primary amides is 1. The molecule has 3 N–H and O–H groups in total. The number of carbonyl (C=O) groups is 2. The van der Waals surface area contributed by atoms with Crippen LogP contribution in [-0.2, 0) is 4.79 Å². The topological polar surface area (TPSA) is 97.6 Å². The molecular weight excluding hydrogens is 260 g/mol. The van der Waals surface area contributed by atoms with Crippen LogP contribution in [-0.4, -0.2) is 42.0 Å². The van der Waals surface area contributed by atoms with Gasteiger partial charge in [0.05, 0.1) is 13.0 Å². The number of pyridine rings is 1. The first kappa shape index (κ1) is 14.1. The number of likely N-dealkylation sites (tertiary alicyclic amines) is 1. The highest BCUT2D eigenvalue weighted by Gasteiger charge is 2.27. The van der Waals surface area contributed by atoms with E-state index in [4.69, 9.17) is 10.5 Å². The minimum absolute atomic E-state index is 0.151. The predicted molar refractivity (Wildman–Crippen MR) is 73.3 cm³/mol. The number of anilines is 1. The van der Waals surface area contributed by atoms with Gasteiger partial charge in [-0.1, -0.05) is 0 Å². The van der Waals surface area contributed by atoms with Crippen LogP contribution in [0.5, 0.6) is 5.88 Å². The molecule has 0 spiro atoms. The van der Waals surface area contributed by atoms with Crippen LogP contribution in [0.2, 0.25) is 0 Å². The molecule has 7 heteroatoms. The van der Waals surface area contributed by atoms with Crippen LogP contribution in [0.3, 0.4) is 0 Å². The molecule has 108 valence electrons. The van der Waals surface area contributed by atoms with Crippen LogP contribution in [0.4, 0.5) is 10.5 Å². The van der Waals surface area contributed by atoms with Crippen LogP contribution in [0.15, 0.2) is 18.3 Å². The van der Waals surface area contributed by atoms with Crippen LogP contribution in [0, 0.1) is 5.92 Å². The highest BCUT2D eigenvalue weighted by Crippen LogP contribution is 2.23. The van der Waals surface area contributed by atoms with Gasteiger partial charge in [0.1, 0.15) is 5.69 Å². The number of methoxy groups -OCH3 is 1. The maximum atomic E-state index is 12.2. The van der Waals surface area contributed by atoms with E-state index in [0.717, 1.165) is 12.8 Å². The highest BCUT2D eigenvalue weighted by molar-refractivity contribution is 5.94. The monoisotopic (exact) mass is 278 g/mol. The van der Waals surface area contributed by atoms with E-state index in [2.05, 4.69) is 10.3 Å². The molecule has 1 aromatic rings. The van der Waals surface area contributed by atoms with Gasteiger partial charge in [0.2, 0.25) is 11.8 Å². The molecule has 2 heterocycles. The molecule has 1 aromatic heterocycles. The molecule has 0 saturated carbocycles. The normalized spacial score (nSPS) is 18.4. The Labute approximate surface area is 117 Å². The number of piperidine rings is 1. The van der Waals surface area contributed by atoms with Crippen molar-refractivity contribution in [3.8, 4) is 5.88 Å². The Morgan fingerprint density at radius 2 is 2.35 bits per heavy atom. The standard InChI is InChI=1S/C13H18N4O3/c1-20-12-10(5-2-6-15-12)16-11(18)9-4-3-7-17(8-9)13(14)19/h2,5-6,9H,3-4,7-8H2,1H3,(H2,14,19)(H,16,18)/t9-/m0/s1. The Hall–Kier alpha value is -2.31. The molecule has 0 unspecified atom stereocenters. The van der Waals surface area contributed by atoms with Crippen molar-refractivity contribution >= 4 is 17.6 Å². The van der Waals surface area contributed by atoms with E-state index in [1.165, 1.54) is 12.0 Å². The lowest BCUT2D eigenvalue weighted by molar-refractivity contribution is -0.121. The number of nitrogens with zero attached hydrogens (tertiary/aromatic N) is 2. The quantitative estimate of drug-likeness (QED) is 0.855. The minimum Gasteiger partial charge on any atom is -0.480 e. The number of rotatable bonds is 3. The molecule has 1 aliphatic rings. The van der Waals surface area contributed by atoms with Gasteiger partial charge in [-0.3, -0.25) is 4.79 Å². The summed E-state index contributed by atoms with van der Waals surface area (Å²) in [6.07, 6.45) is 3.09. The molecule has 3 amide bonds. The minimum atomic E-state index is -0.485. The Morgan fingerprint density at radius 1 is 1.55 bits per heavy atom. The maximum absolute atomic E-state index is 12.2. The van der Waals surface area contributed by atoms with Crippen LogP contribution in [0.25, 0.3) is 0 Å². The average molecular weight is 278 g/mol. The number of carbonyl (C=O) groups excluding carboxylic acids is 2. The number of hydrogen-bond acceptors (Lipinski definition) is 4. The average Bonchev–Trinajstić information content (AvgIpc) is 2.48. The van der Waals surface area contributed by atoms with E-state index in [1.807, 2.05) is 0 Å². The fraction of sp³-hybridized carbons (Fsp3) is 0.462. The number of nitrogens with one attached hydrogen (secondary N) is 1. The van der Waals surface area contributed by atoms with E-state index in [-0.39, 0.29) is 11.8 Å². The first-order chi connectivity index (χ1) is 9.61. The lowest BCUT2D eigenvalue weighted by atomic mass is 9.97. The SMILES string of the molecule is COc1ncccc1NC(=O)[C@H]1CCCN(C(N)=O)C1. The highest BCUT2D eigenvalue weighted by atomic mass is 16.5. The summed E-state index contributed by atoms with van der Waals surface area (Å²) in [6, 6.07) is 2.95. The number of amides is 3. The van der Waals surface area contributed by atoms with Gasteiger partial charge in [0.25, 0.3) is 0 Å². The van der Waals surface area contributed by atoms with Crippen molar-refractivity contribution in [1.29, 1.82) is 0 Å². The summed E-state index contributed by atoms with van der Waals surface area (Å²) in [6.45, 7) is 0.957. The van der Waals surface area contributed by atoms with E-state index in [9.17, 15) is 9.59 Å². The molecule has 0 radical (unpaired) electrons. The Kier molecular flexibility index (Phi) is 4.39. The fourth-order valence-corrected chi connectivity index (χ4v) is 2.27. The van der Waals surface area contributed by atoms with Gasteiger partial charge in [0, 0.05) is 19.3 Å². The van der Waals surface area contributed by atoms with Crippen molar-refractivity contribution < 1.29 is 14.3 Å². The zero-order chi connectivity index (χ0) is 14.5. The van der Waals surface area contributed by atoms with Gasteiger partial charge in [-0.05, 0) is 25.0 Å². The lowest BCUT2D eigenvalue weighted by Crippen LogP contribution is -2.46. The Bertz CT molecular complexity index is 506. The smallest absolute Gasteiger partial charge is 0.314 e. The van der Waals surface area contributed by atoms with Crippen LogP contribution < -0.4 is 15.8 Å². The van der Waals surface area contributed by atoms with Gasteiger partial charge >= 0.3 is 6.03 Å². The summed E-state index contributed by atoms with van der Waals surface area (Å²) in [5, 5.41) is 2.79. The van der Waals surface area contributed by atoms with Gasteiger partial charge in [-0.2, -0.15) is 0 Å². The van der Waals surface area contributed by atoms with Gasteiger partial charge < -0.3 is 20.7 Å². The van der Waals surface area contributed by atoms with Gasteiger partial charge in [0.15, 0.2) is 0 Å². The van der Waals surface area contributed by atoms with E-state index >= 15 is 0 Å². The zero-order valence-electron chi connectivity index (χ0n) is 11.3. The van der Waals surface area contributed by atoms with Crippen molar-refractivity contribution in [3.63, 3.8) is 0 Å². The Balaban J connectivity index is 2.02. The van der Waals surface area contributed by atoms with Crippen LogP contribution >= 0.6 is 0 Å². The summed E-state index contributed by atoms with van der Waals surface area (Å²) in [4.78, 5) is 28.9. The molecule has 1 saturated heterocycles. The second kappa shape index (κ2) is 6.23. The number of hydrogen-bond donors (Lipinski definition) is 2.